The van der Waals surface area contributed by atoms with Gasteiger partial charge in [-0.05, 0) is 13.3 Å². The van der Waals surface area contributed by atoms with Crippen molar-refractivity contribution in [2.45, 2.75) is 133 Å². The predicted molar refractivity (Wildman–Crippen MR) is 135 cm³/mol. The van der Waals surface area contributed by atoms with Gasteiger partial charge < -0.3 is 29.5 Å². The number of aliphatic hydroxyl groups is 3. The lowest BCUT2D eigenvalue weighted by Gasteiger charge is -2.47. The first-order chi connectivity index (χ1) is 16.9. The summed E-state index contributed by atoms with van der Waals surface area (Å²) in [6.07, 6.45) is 6.51. The van der Waals surface area contributed by atoms with Crippen LogP contribution in [-0.2, 0) is 29.1 Å². The van der Waals surface area contributed by atoms with E-state index >= 15 is 0 Å². The summed E-state index contributed by atoms with van der Waals surface area (Å²) in [5.41, 5.74) is -1.85. The molecule has 1 rings (SSSR count). The van der Waals surface area contributed by atoms with Gasteiger partial charge in [0, 0.05) is 20.0 Å². The van der Waals surface area contributed by atoms with Gasteiger partial charge in [-0.3, -0.25) is 9.35 Å². The van der Waals surface area contributed by atoms with Crippen molar-refractivity contribution in [1.82, 2.24) is 0 Å². The van der Waals surface area contributed by atoms with Crippen molar-refractivity contribution < 1.29 is 47.3 Å². The fraction of sp³-hybridized carbons (Fsp3) is 0.960. The molecule has 1 heterocycles. The monoisotopic (exact) mass is 540 g/mol. The van der Waals surface area contributed by atoms with Gasteiger partial charge in [0.05, 0.1) is 12.2 Å². The van der Waals surface area contributed by atoms with Crippen LogP contribution in [0.2, 0.25) is 0 Å². The summed E-state index contributed by atoms with van der Waals surface area (Å²) >= 11 is 0. The van der Waals surface area contributed by atoms with Crippen LogP contribution in [-0.4, -0.2) is 89.8 Å². The second-order valence-corrected chi connectivity index (χ2v) is 11.6. The molecule has 0 aromatic rings. The van der Waals surface area contributed by atoms with Crippen LogP contribution in [0, 0.1) is 0 Å². The molecule has 0 aromatic heterocycles. The number of esters is 1. The molecule has 11 heteroatoms. The highest BCUT2D eigenvalue weighted by Crippen LogP contribution is 2.33. The third kappa shape index (κ3) is 12.6. The molecule has 0 amide bonds. The van der Waals surface area contributed by atoms with Crippen LogP contribution in [0.15, 0.2) is 0 Å². The van der Waals surface area contributed by atoms with E-state index < -0.39 is 52.0 Å². The molecule has 36 heavy (non-hydrogen) atoms. The predicted octanol–water partition coefficient (Wildman–Crippen LogP) is 2.76. The standard InChI is InChI=1S/C25H48O10S/c1-4-5-6-7-8-9-10-11-12-13-14-15-21(26)34-17-19(33-3)16-20-22(27)23(28)24(29)25(2,35-20)18-36(30,31)32/h19-20,22-24,27-29H,4-18H2,1-3H3,(H,30,31,32)/t19?,20?,22-,23+,24+,25+/m0/s1. The van der Waals surface area contributed by atoms with Crippen LogP contribution in [0.1, 0.15) is 97.3 Å². The van der Waals surface area contributed by atoms with Crippen molar-refractivity contribution >= 4 is 16.1 Å². The fourth-order valence-corrected chi connectivity index (χ4v) is 5.57. The molecule has 0 saturated carbocycles. The van der Waals surface area contributed by atoms with E-state index in [1.807, 2.05) is 0 Å². The summed E-state index contributed by atoms with van der Waals surface area (Å²) in [5, 5.41) is 30.7. The molecular formula is C25H48O10S. The van der Waals surface area contributed by atoms with Gasteiger partial charge in [-0.1, -0.05) is 71.1 Å². The van der Waals surface area contributed by atoms with Crippen LogP contribution in [0.3, 0.4) is 0 Å². The van der Waals surface area contributed by atoms with Crippen LogP contribution in [0.4, 0.5) is 0 Å². The summed E-state index contributed by atoms with van der Waals surface area (Å²) in [6.45, 7) is 3.34. The number of rotatable bonds is 19. The number of aliphatic hydroxyl groups excluding tert-OH is 3. The highest BCUT2D eigenvalue weighted by Gasteiger charge is 2.52. The molecule has 1 aliphatic rings. The minimum Gasteiger partial charge on any atom is -0.463 e. The van der Waals surface area contributed by atoms with E-state index in [9.17, 15) is 33.1 Å². The summed E-state index contributed by atoms with van der Waals surface area (Å²) in [5.74, 6) is -1.32. The molecule has 0 radical (unpaired) electrons. The first kappa shape index (κ1) is 33.2. The Morgan fingerprint density at radius 3 is 1.97 bits per heavy atom. The zero-order valence-electron chi connectivity index (χ0n) is 22.1. The van der Waals surface area contributed by atoms with Crippen molar-refractivity contribution in [2.24, 2.45) is 0 Å². The molecule has 0 spiro atoms. The van der Waals surface area contributed by atoms with Crippen LogP contribution >= 0.6 is 0 Å². The maximum atomic E-state index is 12.1. The Kier molecular flexibility index (Phi) is 15.6. The van der Waals surface area contributed by atoms with E-state index in [0.29, 0.717) is 6.42 Å². The van der Waals surface area contributed by atoms with Crippen molar-refractivity contribution in [2.75, 3.05) is 19.5 Å². The first-order valence-electron chi connectivity index (χ1n) is 13.3. The molecule has 1 saturated heterocycles. The van der Waals surface area contributed by atoms with Crippen LogP contribution < -0.4 is 0 Å². The third-order valence-corrected chi connectivity index (χ3v) is 7.75. The quantitative estimate of drug-likeness (QED) is 0.109. The Bertz CT molecular complexity index is 716. The zero-order chi connectivity index (χ0) is 27.2. The van der Waals surface area contributed by atoms with Gasteiger partial charge in [-0.25, -0.2) is 0 Å². The van der Waals surface area contributed by atoms with E-state index in [-0.39, 0.29) is 19.0 Å². The molecule has 6 atom stereocenters. The number of methoxy groups -OCH3 is 1. The van der Waals surface area contributed by atoms with E-state index in [1.165, 1.54) is 65.4 Å². The second-order valence-electron chi connectivity index (χ2n) is 10.2. The lowest BCUT2D eigenvalue weighted by molar-refractivity contribution is -0.260. The lowest BCUT2D eigenvalue weighted by atomic mass is 9.85. The lowest BCUT2D eigenvalue weighted by Crippen LogP contribution is -2.65. The number of carbonyl (C=O) groups is 1. The van der Waals surface area contributed by atoms with Crippen LogP contribution in [0.5, 0.6) is 0 Å². The maximum absolute atomic E-state index is 12.1. The molecule has 1 fully saturated rings. The van der Waals surface area contributed by atoms with Gasteiger partial charge in [-0.15, -0.1) is 0 Å². The molecular weight excluding hydrogens is 492 g/mol. The van der Waals surface area contributed by atoms with E-state index in [1.54, 1.807) is 0 Å². The molecule has 4 N–H and O–H groups in total. The third-order valence-electron chi connectivity index (χ3n) is 6.81. The van der Waals surface area contributed by atoms with Crippen molar-refractivity contribution in [3.63, 3.8) is 0 Å². The molecule has 2 unspecified atom stereocenters. The first-order valence-corrected chi connectivity index (χ1v) is 14.9. The molecule has 214 valence electrons. The topological polar surface area (TPSA) is 160 Å². The SMILES string of the molecule is CCCCCCCCCCCCCC(=O)OCC(CC1O[C@](C)(CS(=O)(=O)O)[C@H](O)[C@H](O)[C@H]1O)OC. The number of hydrogen-bond donors (Lipinski definition) is 4. The van der Waals surface area contributed by atoms with Crippen LogP contribution in [0.25, 0.3) is 0 Å². The van der Waals surface area contributed by atoms with E-state index in [0.717, 1.165) is 19.3 Å². The zero-order valence-corrected chi connectivity index (χ0v) is 23.0. The summed E-state index contributed by atoms with van der Waals surface area (Å²) < 4.78 is 48.1. The Morgan fingerprint density at radius 2 is 1.47 bits per heavy atom. The Morgan fingerprint density at radius 1 is 0.944 bits per heavy atom. The molecule has 1 aliphatic heterocycles. The molecule has 0 aromatic carbocycles. The van der Waals surface area contributed by atoms with Gasteiger partial charge in [-0.2, -0.15) is 8.42 Å². The van der Waals surface area contributed by atoms with Gasteiger partial charge in [0.15, 0.2) is 0 Å². The van der Waals surface area contributed by atoms with Crippen molar-refractivity contribution in [1.29, 1.82) is 0 Å². The minimum atomic E-state index is -4.54. The summed E-state index contributed by atoms with van der Waals surface area (Å²) in [6, 6.07) is 0. The minimum absolute atomic E-state index is 0.0335. The number of unbranched alkanes of at least 4 members (excludes halogenated alkanes) is 10. The molecule has 0 bridgehead atoms. The fourth-order valence-electron chi connectivity index (χ4n) is 4.61. The summed E-state index contributed by atoms with van der Waals surface area (Å²) in [4.78, 5) is 12.1. The average molecular weight is 541 g/mol. The average Bonchev–Trinajstić information content (AvgIpc) is 2.81. The van der Waals surface area contributed by atoms with Gasteiger partial charge in [0.2, 0.25) is 0 Å². The highest BCUT2D eigenvalue weighted by atomic mass is 32.2. The number of ether oxygens (including phenoxy) is 3. The number of hydrogen-bond acceptors (Lipinski definition) is 9. The second kappa shape index (κ2) is 16.9. The van der Waals surface area contributed by atoms with Crippen molar-refractivity contribution in [3.8, 4) is 0 Å². The van der Waals surface area contributed by atoms with Gasteiger partial charge in [0.25, 0.3) is 10.1 Å². The van der Waals surface area contributed by atoms with E-state index in [4.69, 9.17) is 14.2 Å². The van der Waals surface area contributed by atoms with Gasteiger partial charge in [0.1, 0.15) is 36.3 Å². The Balaban J connectivity index is 2.34. The Labute approximate surface area is 216 Å². The summed E-state index contributed by atoms with van der Waals surface area (Å²) in [7, 11) is -3.15. The maximum Gasteiger partial charge on any atom is 0.305 e. The highest BCUT2D eigenvalue weighted by molar-refractivity contribution is 7.85. The van der Waals surface area contributed by atoms with Gasteiger partial charge >= 0.3 is 5.97 Å². The number of carbonyl (C=O) groups excluding carboxylic acids is 1. The Hall–Kier alpha value is -0.820. The molecule has 10 nitrogen and oxygen atoms in total. The van der Waals surface area contributed by atoms with E-state index in [2.05, 4.69) is 6.92 Å². The molecule has 0 aliphatic carbocycles. The normalized spacial score (nSPS) is 27.6. The largest absolute Gasteiger partial charge is 0.463 e. The smallest absolute Gasteiger partial charge is 0.305 e. The van der Waals surface area contributed by atoms with Crippen molar-refractivity contribution in [3.05, 3.63) is 0 Å².